The lowest BCUT2D eigenvalue weighted by Gasteiger charge is -2.26. The van der Waals surface area contributed by atoms with Crippen LogP contribution in [0.1, 0.15) is 31.0 Å². The maximum absolute atomic E-state index is 12.7. The average molecular weight is 386 g/mol. The maximum atomic E-state index is 12.7. The van der Waals surface area contributed by atoms with E-state index < -0.39 is 17.7 Å². The van der Waals surface area contributed by atoms with Crippen LogP contribution in [0.4, 0.5) is 0 Å². The number of aliphatic hydroxyl groups is 1. The molecule has 6 heteroatoms. The first-order valence-corrected chi connectivity index (χ1v) is 9.00. The van der Waals surface area contributed by atoms with Crippen molar-refractivity contribution in [1.82, 2.24) is 4.90 Å². The molecule has 1 saturated heterocycles. The maximum Gasteiger partial charge on any atom is 0.295 e. The number of carbonyl (C=O) groups is 2. The summed E-state index contributed by atoms with van der Waals surface area (Å²) in [6.45, 7) is 4.27. The van der Waals surface area contributed by atoms with Gasteiger partial charge in [-0.25, -0.2) is 0 Å². The predicted octanol–water partition coefficient (Wildman–Crippen LogP) is 4.12. The van der Waals surface area contributed by atoms with E-state index in [1.54, 1.807) is 36.4 Å². The van der Waals surface area contributed by atoms with Crippen molar-refractivity contribution in [3.63, 3.8) is 0 Å². The first-order chi connectivity index (χ1) is 12.8. The summed E-state index contributed by atoms with van der Waals surface area (Å²) in [5.74, 6) is -1.39. The van der Waals surface area contributed by atoms with Crippen LogP contribution < -0.4 is 0 Å². The van der Waals surface area contributed by atoms with Crippen molar-refractivity contribution in [2.45, 2.75) is 19.9 Å². The smallest absolute Gasteiger partial charge is 0.295 e. The van der Waals surface area contributed by atoms with Gasteiger partial charge in [-0.05, 0) is 47.9 Å². The lowest BCUT2D eigenvalue weighted by atomic mass is 9.95. The molecule has 2 N–H and O–H groups in total. The lowest BCUT2D eigenvalue weighted by Crippen LogP contribution is -2.33. The van der Waals surface area contributed by atoms with E-state index in [0.29, 0.717) is 22.7 Å². The topological polar surface area (TPSA) is 77.8 Å². The Morgan fingerprint density at radius 3 is 2.22 bits per heavy atom. The number of phenolic OH excluding ortho intramolecular Hbond substituents is 1. The summed E-state index contributed by atoms with van der Waals surface area (Å²) >= 11 is 5.90. The van der Waals surface area contributed by atoms with E-state index in [2.05, 4.69) is 0 Å². The Morgan fingerprint density at radius 2 is 1.67 bits per heavy atom. The van der Waals surface area contributed by atoms with Gasteiger partial charge >= 0.3 is 0 Å². The number of benzene rings is 2. The van der Waals surface area contributed by atoms with E-state index in [9.17, 15) is 19.8 Å². The Bertz CT molecular complexity index is 901. The SMILES string of the molecule is CC(C)CN1C(=O)C(=O)C(=C(O)c2ccc(Cl)cc2)[C@H]1c1ccc(O)cc1. The monoisotopic (exact) mass is 385 g/mol. The number of aromatic hydroxyl groups is 1. The fourth-order valence-corrected chi connectivity index (χ4v) is 3.35. The molecule has 1 aliphatic rings. The second kappa shape index (κ2) is 7.45. The number of hydrogen-bond acceptors (Lipinski definition) is 4. The molecular weight excluding hydrogens is 366 g/mol. The summed E-state index contributed by atoms with van der Waals surface area (Å²) in [5, 5.41) is 20.9. The number of Topliss-reactive ketones (excluding diaryl/α,β-unsaturated/α-hetero) is 1. The van der Waals surface area contributed by atoms with Gasteiger partial charge in [-0.15, -0.1) is 0 Å². The third-order valence-corrected chi connectivity index (χ3v) is 4.68. The number of aliphatic hydroxyl groups excluding tert-OH is 1. The van der Waals surface area contributed by atoms with E-state index in [0.717, 1.165) is 0 Å². The zero-order valence-electron chi connectivity index (χ0n) is 15.0. The van der Waals surface area contributed by atoms with Gasteiger partial charge < -0.3 is 15.1 Å². The number of rotatable bonds is 4. The minimum atomic E-state index is -0.721. The van der Waals surface area contributed by atoms with Gasteiger partial charge in [0.15, 0.2) is 0 Å². The molecule has 1 amide bonds. The highest BCUT2D eigenvalue weighted by Crippen LogP contribution is 2.40. The molecule has 2 aromatic rings. The number of ketones is 1. The molecule has 2 aromatic carbocycles. The second-order valence-electron chi connectivity index (χ2n) is 6.94. The van der Waals surface area contributed by atoms with Crippen molar-refractivity contribution in [1.29, 1.82) is 0 Å². The number of amides is 1. The van der Waals surface area contributed by atoms with Crippen LogP contribution in [0.2, 0.25) is 5.02 Å². The summed E-state index contributed by atoms with van der Waals surface area (Å²) < 4.78 is 0. The van der Waals surface area contributed by atoms with Crippen molar-refractivity contribution < 1.29 is 19.8 Å². The Hall–Kier alpha value is -2.79. The molecule has 140 valence electrons. The third kappa shape index (κ3) is 3.69. The van der Waals surface area contributed by atoms with Gasteiger partial charge in [-0.1, -0.05) is 37.6 Å². The molecule has 0 unspecified atom stereocenters. The zero-order chi connectivity index (χ0) is 19.7. The van der Waals surface area contributed by atoms with Gasteiger partial charge in [0.25, 0.3) is 11.7 Å². The zero-order valence-corrected chi connectivity index (χ0v) is 15.8. The Kier molecular flexibility index (Phi) is 5.24. The molecule has 0 bridgehead atoms. The number of carbonyl (C=O) groups excluding carboxylic acids is 2. The quantitative estimate of drug-likeness (QED) is 0.471. The van der Waals surface area contributed by atoms with Crippen molar-refractivity contribution in [2.24, 2.45) is 5.92 Å². The fraction of sp³-hybridized carbons (Fsp3) is 0.238. The molecule has 0 radical (unpaired) electrons. The van der Waals surface area contributed by atoms with Gasteiger partial charge in [0.2, 0.25) is 0 Å². The van der Waals surface area contributed by atoms with E-state index in [4.69, 9.17) is 11.6 Å². The second-order valence-corrected chi connectivity index (χ2v) is 7.38. The van der Waals surface area contributed by atoms with Crippen LogP contribution in [-0.4, -0.2) is 33.3 Å². The number of hydrogen-bond donors (Lipinski definition) is 2. The Balaban J connectivity index is 2.17. The average Bonchev–Trinajstić information content (AvgIpc) is 2.87. The van der Waals surface area contributed by atoms with Gasteiger partial charge in [0.05, 0.1) is 11.6 Å². The Morgan fingerprint density at radius 1 is 1.07 bits per heavy atom. The minimum absolute atomic E-state index is 0.0358. The molecule has 1 atom stereocenters. The van der Waals surface area contributed by atoms with Crippen LogP contribution in [0.5, 0.6) is 5.75 Å². The summed E-state index contributed by atoms with van der Waals surface area (Å²) in [6.07, 6.45) is 0. The molecule has 5 nitrogen and oxygen atoms in total. The molecule has 0 aromatic heterocycles. The van der Waals surface area contributed by atoms with Gasteiger partial charge in [-0.3, -0.25) is 9.59 Å². The van der Waals surface area contributed by atoms with E-state index in [1.165, 1.54) is 17.0 Å². The molecule has 1 aliphatic heterocycles. The highest BCUT2D eigenvalue weighted by molar-refractivity contribution is 6.46. The molecule has 0 saturated carbocycles. The number of nitrogens with zero attached hydrogens (tertiary/aromatic N) is 1. The van der Waals surface area contributed by atoms with Gasteiger partial charge in [0.1, 0.15) is 11.5 Å². The van der Waals surface area contributed by atoms with Crippen molar-refractivity contribution >= 4 is 29.1 Å². The molecular formula is C21H20ClNO4. The first-order valence-electron chi connectivity index (χ1n) is 8.63. The molecule has 0 aliphatic carbocycles. The molecule has 3 rings (SSSR count). The molecule has 27 heavy (non-hydrogen) atoms. The largest absolute Gasteiger partial charge is 0.508 e. The van der Waals surface area contributed by atoms with E-state index >= 15 is 0 Å². The molecule has 0 spiro atoms. The van der Waals surface area contributed by atoms with Crippen molar-refractivity contribution in [2.75, 3.05) is 6.54 Å². The number of likely N-dealkylation sites (tertiary alicyclic amines) is 1. The first kappa shape index (κ1) is 19.0. The Labute approximate surface area is 162 Å². The normalized spacial score (nSPS) is 19.1. The van der Waals surface area contributed by atoms with Crippen LogP contribution in [0.3, 0.4) is 0 Å². The minimum Gasteiger partial charge on any atom is -0.508 e. The van der Waals surface area contributed by atoms with Crippen LogP contribution in [0.15, 0.2) is 54.1 Å². The lowest BCUT2D eigenvalue weighted by molar-refractivity contribution is -0.140. The van der Waals surface area contributed by atoms with Crippen LogP contribution >= 0.6 is 11.6 Å². The highest BCUT2D eigenvalue weighted by atomic mass is 35.5. The van der Waals surface area contributed by atoms with Crippen molar-refractivity contribution in [3.8, 4) is 5.75 Å². The van der Waals surface area contributed by atoms with E-state index in [1.807, 2.05) is 13.8 Å². The fourth-order valence-electron chi connectivity index (χ4n) is 3.23. The summed E-state index contributed by atoms with van der Waals surface area (Å²) in [7, 11) is 0. The van der Waals surface area contributed by atoms with Crippen LogP contribution in [0.25, 0.3) is 5.76 Å². The van der Waals surface area contributed by atoms with Crippen LogP contribution in [0, 0.1) is 5.92 Å². The van der Waals surface area contributed by atoms with Gasteiger partial charge in [-0.2, -0.15) is 0 Å². The summed E-state index contributed by atoms with van der Waals surface area (Å²) in [5.41, 5.74) is 1.09. The molecule has 1 heterocycles. The molecule has 1 fully saturated rings. The number of halogens is 1. The van der Waals surface area contributed by atoms with Crippen LogP contribution in [-0.2, 0) is 9.59 Å². The highest BCUT2D eigenvalue weighted by Gasteiger charge is 2.46. The summed E-state index contributed by atoms with van der Waals surface area (Å²) in [6, 6.07) is 12.0. The number of phenols is 1. The van der Waals surface area contributed by atoms with Crippen molar-refractivity contribution in [3.05, 3.63) is 70.3 Å². The summed E-state index contributed by atoms with van der Waals surface area (Å²) in [4.78, 5) is 26.9. The van der Waals surface area contributed by atoms with E-state index in [-0.39, 0.29) is 23.0 Å². The predicted molar refractivity (Wildman–Crippen MR) is 103 cm³/mol. The third-order valence-electron chi connectivity index (χ3n) is 4.43. The standard InChI is InChI=1S/C21H20ClNO4/c1-12(2)11-23-18(13-5-9-16(24)10-6-13)17(20(26)21(23)27)19(25)14-3-7-15(22)8-4-14/h3-10,12,18,24-25H,11H2,1-2H3/t18-/m1/s1. The van der Waals surface area contributed by atoms with Gasteiger partial charge in [0, 0.05) is 17.1 Å².